The summed E-state index contributed by atoms with van der Waals surface area (Å²) in [5.74, 6) is 0. The quantitative estimate of drug-likeness (QED) is 0.614. The first-order valence-electron chi connectivity index (χ1n) is 7.90. The third kappa shape index (κ3) is 3.74. The second-order valence-electron chi connectivity index (χ2n) is 5.99. The van der Waals surface area contributed by atoms with E-state index < -0.39 is 14.8 Å². The van der Waals surface area contributed by atoms with Gasteiger partial charge in [-0.15, -0.1) is 0 Å². The molecule has 25 heavy (non-hydrogen) atoms. The van der Waals surface area contributed by atoms with Crippen molar-refractivity contribution in [2.24, 2.45) is 0 Å². The smallest absolute Gasteiger partial charge is 0.293 e. The zero-order valence-electron chi connectivity index (χ0n) is 13.8. The van der Waals surface area contributed by atoms with Crippen molar-refractivity contribution in [3.8, 4) is 0 Å². The standard InChI is InChI=1S/C17H19N3O4S/c1-25(23,24)15-7-8-16(17(13-15)20(21)22)19-11-9-18(10-12-19)14-5-3-2-4-6-14/h2-8,13H,9-12H2,1H3. The highest BCUT2D eigenvalue weighted by Crippen LogP contribution is 2.32. The molecule has 0 atom stereocenters. The number of nitro benzene ring substituents is 1. The topological polar surface area (TPSA) is 83.8 Å². The zero-order chi connectivity index (χ0) is 18.0. The van der Waals surface area contributed by atoms with Crippen molar-refractivity contribution in [3.63, 3.8) is 0 Å². The lowest BCUT2D eigenvalue weighted by atomic mass is 10.2. The Hall–Kier alpha value is -2.61. The Kier molecular flexibility index (Phi) is 4.63. The molecule has 2 aromatic rings. The van der Waals surface area contributed by atoms with Crippen molar-refractivity contribution in [2.75, 3.05) is 42.2 Å². The van der Waals surface area contributed by atoms with E-state index in [2.05, 4.69) is 4.90 Å². The summed E-state index contributed by atoms with van der Waals surface area (Å²) in [6, 6.07) is 14.1. The lowest BCUT2D eigenvalue weighted by Gasteiger charge is -2.37. The first-order chi connectivity index (χ1) is 11.9. The van der Waals surface area contributed by atoms with Gasteiger partial charge in [0.2, 0.25) is 0 Å². The van der Waals surface area contributed by atoms with Gasteiger partial charge in [-0.3, -0.25) is 10.1 Å². The SMILES string of the molecule is CS(=O)(=O)c1ccc(N2CCN(c3ccccc3)CC2)c([N+](=O)[O-])c1. The molecule has 3 rings (SSSR count). The summed E-state index contributed by atoms with van der Waals surface area (Å²) in [7, 11) is -3.48. The molecule has 1 aliphatic heterocycles. The van der Waals surface area contributed by atoms with Crippen LogP contribution >= 0.6 is 0 Å². The van der Waals surface area contributed by atoms with Crippen molar-refractivity contribution in [3.05, 3.63) is 58.6 Å². The second-order valence-corrected chi connectivity index (χ2v) is 8.01. The number of nitrogens with zero attached hydrogens (tertiary/aromatic N) is 3. The monoisotopic (exact) mass is 361 g/mol. The maximum atomic E-state index is 11.7. The summed E-state index contributed by atoms with van der Waals surface area (Å²) in [4.78, 5) is 15.0. The number of para-hydroxylation sites is 1. The minimum atomic E-state index is -3.48. The molecule has 2 aromatic carbocycles. The van der Waals surface area contributed by atoms with Crippen LogP contribution in [0.3, 0.4) is 0 Å². The van der Waals surface area contributed by atoms with Crippen LogP contribution in [0.4, 0.5) is 17.1 Å². The molecule has 0 bridgehead atoms. The number of nitro groups is 1. The molecule has 1 fully saturated rings. The summed E-state index contributed by atoms with van der Waals surface area (Å²) in [6.07, 6.45) is 1.05. The Morgan fingerprint density at radius 1 is 0.960 bits per heavy atom. The average molecular weight is 361 g/mol. The maximum absolute atomic E-state index is 11.7. The van der Waals surface area contributed by atoms with E-state index in [1.807, 2.05) is 35.2 Å². The van der Waals surface area contributed by atoms with Crippen molar-refractivity contribution >= 4 is 26.9 Å². The second kappa shape index (κ2) is 6.72. The number of hydrogen-bond acceptors (Lipinski definition) is 6. The lowest BCUT2D eigenvalue weighted by molar-refractivity contribution is -0.384. The fraction of sp³-hybridized carbons (Fsp3) is 0.294. The van der Waals surface area contributed by atoms with Gasteiger partial charge in [-0.05, 0) is 24.3 Å². The van der Waals surface area contributed by atoms with Crippen molar-refractivity contribution in [2.45, 2.75) is 4.90 Å². The third-order valence-electron chi connectivity index (χ3n) is 4.31. The van der Waals surface area contributed by atoms with Gasteiger partial charge in [0, 0.05) is 44.2 Å². The van der Waals surface area contributed by atoms with Gasteiger partial charge in [0.25, 0.3) is 5.69 Å². The molecule has 1 heterocycles. The van der Waals surface area contributed by atoms with Gasteiger partial charge in [-0.2, -0.15) is 0 Å². The lowest BCUT2D eigenvalue weighted by Crippen LogP contribution is -2.46. The van der Waals surface area contributed by atoms with Crippen LogP contribution in [-0.2, 0) is 9.84 Å². The first kappa shape index (κ1) is 17.2. The van der Waals surface area contributed by atoms with Crippen LogP contribution in [0.1, 0.15) is 0 Å². The molecular weight excluding hydrogens is 342 g/mol. The maximum Gasteiger partial charge on any atom is 0.293 e. The predicted octanol–water partition coefficient (Wildman–Crippen LogP) is 2.32. The number of benzene rings is 2. The Bertz CT molecular complexity index is 876. The van der Waals surface area contributed by atoms with E-state index in [-0.39, 0.29) is 10.6 Å². The highest BCUT2D eigenvalue weighted by Gasteiger charge is 2.25. The molecular formula is C17H19N3O4S. The van der Waals surface area contributed by atoms with E-state index in [0.717, 1.165) is 31.1 Å². The van der Waals surface area contributed by atoms with Crippen LogP contribution in [0.25, 0.3) is 0 Å². The molecule has 0 saturated carbocycles. The normalized spacial score (nSPS) is 15.2. The van der Waals surface area contributed by atoms with E-state index in [9.17, 15) is 18.5 Å². The van der Waals surface area contributed by atoms with E-state index in [4.69, 9.17) is 0 Å². The summed E-state index contributed by atoms with van der Waals surface area (Å²) in [5.41, 5.74) is 1.42. The first-order valence-corrected chi connectivity index (χ1v) is 9.79. The van der Waals surface area contributed by atoms with Crippen molar-refractivity contribution in [1.82, 2.24) is 0 Å². The number of sulfone groups is 1. The van der Waals surface area contributed by atoms with Crippen molar-refractivity contribution < 1.29 is 13.3 Å². The number of rotatable bonds is 4. The minimum Gasteiger partial charge on any atom is -0.368 e. The molecule has 0 unspecified atom stereocenters. The average Bonchev–Trinajstić information content (AvgIpc) is 2.61. The summed E-state index contributed by atoms with van der Waals surface area (Å²) in [6.45, 7) is 2.76. The highest BCUT2D eigenvalue weighted by atomic mass is 32.2. The van der Waals surface area contributed by atoms with Gasteiger partial charge in [0.1, 0.15) is 5.69 Å². The Labute approximate surface area is 146 Å². The molecule has 0 aliphatic carbocycles. The molecule has 132 valence electrons. The summed E-state index contributed by atoms with van der Waals surface area (Å²) in [5, 5.41) is 11.4. The van der Waals surface area contributed by atoms with E-state index >= 15 is 0 Å². The Morgan fingerprint density at radius 3 is 2.12 bits per heavy atom. The van der Waals surface area contributed by atoms with Crippen LogP contribution in [0.5, 0.6) is 0 Å². The molecule has 0 amide bonds. The number of anilines is 2. The third-order valence-corrected chi connectivity index (χ3v) is 5.42. The minimum absolute atomic E-state index is 0.0362. The molecule has 0 N–H and O–H groups in total. The van der Waals surface area contributed by atoms with Crippen LogP contribution in [-0.4, -0.2) is 45.8 Å². The van der Waals surface area contributed by atoms with Crippen LogP contribution < -0.4 is 9.80 Å². The fourth-order valence-corrected chi connectivity index (χ4v) is 3.63. The van der Waals surface area contributed by atoms with Crippen LogP contribution in [0, 0.1) is 10.1 Å². The van der Waals surface area contributed by atoms with Gasteiger partial charge in [0.15, 0.2) is 9.84 Å². The van der Waals surface area contributed by atoms with Gasteiger partial charge in [0.05, 0.1) is 9.82 Å². The number of hydrogen-bond donors (Lipinski definition) is 0. The zero-order valence-corrected chi connectivity index (χ0v) is 14.6. The summed E-state index contributed by atoms with van der Waals surface area (Å²) < 4.78 is 23.3. The van der Waals surface area contributed by atoms with Gasteiger partial charge < -0.3 is 9.80 Å². The van der Waals surface area contributed by atoms with Gasteiger partial charge in [-0.1, -0.05) is 18.2 Å². The largest absolute Gasteiger partial charge is 0.368 e. The van der Waals surface area contributed by atoms with Crippen LogP contribution in [0.15, 0.2) is 53.4 Å². The van der Waals surface area contributed by atoms with Crippen molar-refractivity contribution in [1.29, 1.82) is 0 Å². The predicted molar refractivity (Wildman–Crippen MR) is 97.1 cm³/mol. The van der Waals surface area contributed by atoms with Crippen LogP contribution in [0.2, 0.25) is 0 Å². The summed E-state index contributed by atoms with van der Waals surface area (Å²) >= 11 is 0. The molecule has 8 heteroatoms. The Morgan fingerprint density at radius 2 is 1.56 bits per heavy atom. The highest BCUT2D eigenvalue weighted by molar-refractivity contribution is 7.90. The molecule has 0 aromatic heterocycles. The van der Waals surface area contributed by atoms with E-state index in [0.29, 0.717) is 18.8 Å². The molecule has 1 saturated heterocycles. The molecule has 0 radical (unpaired) electrons. The van der Waals surface area contributed by atoms with E-state index in [1.54, 1.807) is 0 Å². The number of piperazine rings is 1. The molecule has 0 spiro atoms. The van der Waals surface area contributed by atoms with Gasteiger partial charge in [-0.25, -0.2) is 8.42 Å². The molecule has 7 nitrogen and oxygen atoms in total. The van der Waals surface area contributed by atoms with E-state index in [1.165, 1.54) is 12.1 Å². The molecule has 1 aliphatic rings. The Balaban J connectivity index is 1.82. The van der Waals surface area contributed by atoms with Gasteiger partial charge >= 0.3 is 0 Å². The fourth-order valence-electron chi connectivity index (χ4n) is 2.99.